The normalized spacial score (nSPS) is 9.71. The third-order valence-corrected chi connectivity index (χ3v) is 2.34. The summed E-state index contributed by atoms with van der Waals surface area (Å²) in [5.74, 6) is 6.20. The molecule has 3 nitrogen and oxygen atoms in total. The summed E-state index contributed by atoms with van der Waals surface area (Å²) in [7, 11) is 1.93. The number of nitrogens with one attached hydrogen (secondary N) is 1. The number of nitrogens with zero attached hydrogens (tertiary/aromatic N) is 2. The van der Waals surface area contributed by atoms with Gasteiger partial charge in [0.1, 0.15) is 0 Å². The number of aromatic nitrogens is 2. The van der Waals surface area contributed by atoms with Crippen LogP contribution in [0.15, 0.2) is 42.7 Å². The highest BCUT2D eigenvalue weighted by Gasteiger charge is 1.97. The summed E-state index contributed by atoms with van der Waals surface area (Å²) in [6.07, 6.45) is 4.59. The Bertz CT molecular complexity index is 517. The smallest absolute Gasteiger partial charge is 0.0651 e. The minimum atomic E-state index is 0.854. The Hall–Kier alpha value is -2.05. The van der Waals surface area contributed by atoms with Gasteiger partial charge in [-0.3, -0.25) is 0 Å². The van der Waals surface area contributed by atoms with Crippen LogP contribution in [0, 0.1) is 11.8 Å². The van der Waals surface area contributed by atoms with Crippen LogP contribution >= 0.6 is 0 Å². The number of benzene rings is 1. The van der Waals surface area contributed by atoms with Gasteiger partial charge in [-0.2, -0.15) is 5.10 Å². The molecule has 2 aromatic rings. The van der Waals surface area contributed by atoms with E-state index in [1.807, 2.05) is 48.3 Å². The van der Waals surface area contributed by atoms with Crippen molar-refractivity contribution < 1.29 is 0 Å². The van der Waals surface area contributed by atoms with Crippen molar-refractivity contribution in [2.45, 2.75) is 6.42 Å². The molecule has 0 atom stereocenters. The van der Waals surface area contributed by atoms with Crippen LogP contribution in [0.5, 0.6) is 0 Å². The fraction of sp³-hybridized carbons (Fsp3) is 0.214. The molecule has 0 unspecified atom stereocenters. The highest BCUT2D eigenvalue weighted by atomic mass is 15.3. The van der Waals surface area contributed by atoms with Crippen LogP contribution in [0.4, 0.5) is 0 Å². The zero-order valence-corrected chi connectivity index (χ0v) is 9.85. The minimum Gasteiger partial charge on any atom is -0.319 e. The van der Waals surface area contributed by atoms with E-state index in [4.69, 9.17) is 0 Å². The van der Waals surface area contributed by atoms with Crippen molar-refractivity contribution in [1.82, 2.24) is 15.1 Å². The second kappa shape index (κ2) is 5.88. The molecule has 0 spiro atoms. The average Bonchev–Trinajstić information content (AvgIpc) is 2.85. The molecule has 17 heavy (non-hydrogen) atoms. The lowest BCUT2D eigenvalue weighted by Crippen LogP contribution is -2.05. The van der Waals surface area contributed by atoms with E-state index in [0.29, 0.717) is 0 Å². The van der Waals surface area contributed by atoms with Gasteiger partial charge in [0.15, 0.2) is 0 Å². The molecule has 0 amide bonds. The van der Waals surface area contributed by atoms with E-state index < -0.39 is 0 Å². The second-order valence-electron chi connectivity index (χ2n) is 3.66. The van der Waals surface area contributed by atoms with E-state index in [9.17, 15) is 0 Å². The van der Waals surface area contributed by atoms with Crippen molar-refractivity contribution in [1.29, 1.82) is 0 Å². The summed E-state index contributed by atoms with van der Waals surface area (Å²) in [4.78, 5) is 0. The quantitative estimate of drug-likeness (QED) is 0.638. The molecule has 0 radical (unpaired) electrons. The lowest BCUT2D eigenvalue weighted by atomic mass is 10.3. The van der Waals surface area contributed by atoms with Crippen LogP contribution < -0.4 is 5.32 Å². The second-order valence-corrected chi connectivity index (χ2v) is 3.66. The molecule has 3 heteroatoms. The Morgan fingerprint density at radius 2 is 2.12 bits per heavy atom. The van der Waals surface area contributed by atoms with Gasteiger partial charge < -0.3 is 5.32 Å². The summed E-state index contributed by atoms with van der Waals surface area (Å²) in [6, 6.07) is 10.0. The van der Waals surface area contributed by atoms with E-state index in [2.05, 4.69) is 22.3 Å². The molecular formula is C14H15N3. The molecule has 0 saturated heterocycles. The summed E-state index contributed by atoms with van der Waals surface area (Å²) in [6.45, 7) is 0.916. The SMILES string of the molecule is CNCCC#Cc1cnn(-c2ccccc2)c1. The summed E-state index contributed by atoms with van der Waals surface area (Å²) >= 11 is 0. The van der Waals surface area contributed by atoms with Crippen LogP contribution in [-0.2, 0) is 0 Å². The van der Waals surface area contributed by atoms with Gasteiger partial charge in [0.2, 0.25) is 0 Å². The van der Waals surface area contributed by atoms with Crippen molar-refractivity contribution in [3.63, 3.8) is 0 Å². The average molecular weight is 225 g/mol. The standard InChI is InChI=1S/C14H15N3/c1-15-10-6-5-7-13-11-16-17(12-13)14-8-3-2-4-9-14/h2-4,8-9,11-12,15H,6,10H2,1H3. The van der Waals surface area contributed by atoms with E-state index in [-0.39, 0.29) is 0 Å². The predicted octanol–water partition coefficient (Wildman–Crippen LogP) is 1.83. The van der Waals surface area contributed by atoms with Gasteiger partial charge >= 0.3 is 0 Å². The van der Waals surface area contributed by atoms with Crippen molar-refractivity contribution in [3.8, 4) is 17.5 Å². The summed E-state index contributed by atoms with van der Waals surface area (Å²) < 4.78 is 1.84. The van der Waals surface area contributed by atoms with Crippen LogP contribution in [0.1, 0.15) is 12.0 Å². The first kappa shape index (κ1) is 11.4. The molecule has 86 valence electrons. The fourth-order valence-corrected chi connectivity index (χ4v) is 1.46. The van der Waals surface area contributed by atoms with Gasteiger partial charge in [0, 0.05) is 19.2 Å². The first-order valence-electron chi connectivity index (χ1n) is 5.64. The van der Waals surface area contributed by atoms with Gasteiger partial charge in [0.05, 0.1) is 17.4 Å². The predicted molar refractivity (Wildman–Crippen MR) is 69.0 cm³/mol. The Labute approximate surface area is 101 Å². The van der Waals surface area contributed by atoms with Crippen molar-refractivity contribution in [2.75, 3.05) is 13.6 Å². The summed E-state index contributed by atoms with van der Waals surface area (Å²) in [5.41, 5.74) is 2.00. The molecule has 2 rings (SSSR count). The van der Waals surface area contributed by atoms with E-state index >= 15 is 0 Å². The Morgan fingerprint density at radius 1 is 1.29 bits per heavy atom. The monoisotopic (exact) mass is 225 g/mol. The van der Waals surface area contributed by atoms with Gasteiger partial charge in [-0.1, -0.05) is 30.0 Å². The van der Waals surface area contributed by atoms with E-state index in [1.54, 1.807) is 6.20 Å². The van der Waals surface area contributed by atoms with Crippen molar-refractivity contribution >= 4 is 0 Å². The number of hydrogen-bond acceptors (Lipinski definition) is 2. The zero-order valence-electron chi connectivity index (χ0n) is 9.85. The molecule has 0 bridgehead atoms. The maximum atomic E-state index is 4.28. The molecule has 0 fully saturated rings. The molecule has 1 N–H and O–H groups in total. The lowest BCUT2D eigenvalue weighted by Gasteiger charge is -1.98. The molecule has 1 heterocycles. The fourth-order valence-electron chi connectivity index (χ4n) is 1.46. The van der Waals surface area contributed by atoms with Crippen molar-refractivity contribution in [2.24, 2.45) is 0 Å². The molecule has 1 aromatic carbocycles. The van der Waals surface area contributed by atoms with Crippen LogP contribution in [0.2, 0.25) is 0 Å². The summed E-state index contributed by atoms with van der Waals surface area (Å²) in [5, 5.41) is 7.35. The third-order valence-electron chi connectivity index (χ3n) is 2.34. The minimum absolute atomic E-state index is 0.854. The Kier molecular flexibility index (Phi) is 3.95. The highest BCUT2D eigenvalue weighted by Crippen LogP contribution is 2.06. The van der Waals surface area contributed by atoms with Crippen molar-refractivity contribution in [3.05, 3.63) is 48.3 Å². The maximum absolute atomic E-state index is 4.28. The number of rotatable bonds is 3. The maximum Gasteiger partial charge on any atom is 0.0651 e. The first-order valence-corrected chi connectivity index (χ1v) is 5.64. The topological polar surface area (TPSA) is 29.9 Å². The zero-order chi connectivity index (χ0) is 11.9. The van der Waals surface area contributed by atoms with Crippen LogP contribution in [0.3, 0.4) is 0 Å². The lowest BCUT2D eigenvalue weighted by molar-refractivity contribution is 0.818. The van der Waals surface area contributed by atoms with Gasteiger partial charge in [-0.15, -0.1) is 0 Å². The molecule has 0 aliphatic heterocycles. The van der Waals surface area contributed by atoms with Crippen LogP contribution in [0.25, 0.3) is 5.69 Å². The molecule has 1 aromatic heterocycles. The number of para-hydroxylation sites is 1. The molecule has 0 saturated carbocycles. The largest absolute Gasteiger partial charge is 0.319 e. The molecule has 0 aliphatic rings. The molecular weight excluding hydrogens is 210 g/mol. The van der Waals surface area contributed by atoms with E-state index in [0.717, 1.165) is 24.2 Å². The van der Waals surface area contributed by atoms with Crippen LogP contribution in [-0.4, -0.2) is 23.4 Å². The Balaban J connectivity index is 2.08. The first-order chi connectivity index (χ1) is 8.40. The Morgan fingerprint density at radius 3 is 2.88 bits per heavy atom. The van der Waals surface area contributed by atoms with Gasteiger partial charge in [-0.25, -0.2) is 4.68 Å². The third kappa shape index (κ3) is 3.20. The molecule has 0 aliphatic carbocycles. The van der Waals surface area contributed by atoms with E-state index in [1.165, 1.54) is 0 Å². The highest BCUT2D eigenvalue weighted by molar-refractivity contribution is 5.35. The number of hydrogen-bond donors (Lipinski definition) is 1. The van der Waals surface area contributed by atoms with Gasteiger partial charge in [-0.05, 0) is 19.2 Å². The van der Waals surface area contributed by atoms with Gasteiger partial charge in [0.25, 0.3) is 0 Å².